The molecule has 2 aromatic carbocycles. The van der Waals surface area contributed by atoms with E-state index in [9.17, 15) is 70.9 Å². The molecule has 6 rings (SSSR count). The van der Waals surface area contributed by atoms with Crippen molar-refractivity contribution >= 4 is 74.1 Å². The van der Waals surface area contributed by atoms with Gasteiger partial charge in [-0.25, -0.2) is 49.3 Å². The fourth-order valence-corrected chi connectivity index (χ4v) is 9.18. The van der Waals surface area contributed by atoms with E-state index in [4.69, 9.17) is 31.9 Å². The average molecular weight is 1210 g/mol. The molecule has 0 saturated carbocycles. The Labute approximate surface area is 444 Å². The van der Waals surface area contributed by atoms with E-state index < -0.39 is 194 Å². The minimum absolute atomic E-state index is 0.0421. The first-order chi connectivity index (χ1) is 36.2. The number of halogens is 11. The summed E-state index contributed by atoms with van der Waals surface area (Å²) in [4.78, 5) is 61.6. The van der Waals surface area contributed by atoms with Crippen LogP contribution in [0.1, 0.15) is 66.3 Å². The highest BCUT2D eigenvalue weighted by atomic mass is 35.5. The lowest BCUT2D eigenvalue weighted by Gasteiger charge is -2.23. The zero-order valence-corrected chi connectivity index (χ0v) is 44.0. The molecule has 430 valence electrons. The fraction of sp³-hybridized carbons (Fsp3) is 0.395. The SMILES string of the molecule is CC(C)(C#Cc1ccc(-c2ccc(Cl)c3c(N(C(=O)OCCNC(=O)OCOP(=O)(O)O)S(C)(=O)=O)nn(CC(F)(F)F)c23)c([C@H](Cc2cc(F)cc(F)c2)NC(=O)Cn2nc(C(F)(F)F)c3c2C(F)(F)C[C@@H]3N)n1)S(C)(=O)=O. The fourth-order valence-electron chi connectivity index (χ4n) is 7.75. The van der Waals surface area contributed by atoms with Gasteiger partial charge in [0.15, 0.2) is 21.3 Å². The minimum Gasteiger partial charge on any atom is -0.447 e. The number of nitrogens with one attached hydrogen (secondary N) is 2. The summed E-state index contributed by atoms with van der Waals surface area (Å²) in [6.45, 7) is -4.02. The van der Waals surface area contributed by atoms with Crippen molar-refractivity contribution in [1.29, 1.82) is 0 Å². The minimum atomic E-state index is -5.37. The Kier molecular flexibility index (Phi) is 17.5. The van der Waals surface area contributed by atoms with Gasteiger partial charge in [-0.2, -0.15) is 49.6 Å². The van der Waals surface area contributed by atoms with Crippen LogP contribution in [0.2, 0.25) is 5.02 Å². The van der Waals surface area contributed by atoms with Gasteiger partial charge >= 0.3 is 32.4 Å². The number of nitrogens with zero attached hydrogens (tertiary/aromatic N) is 6. The summed E-state index contributed by atoms with van der Waals surface area (Å²) in [6.07, 6.45) is -14.8. The number of hydrogen-bond acceptors (Lipinski definition) is 15. The van der Waals surface area contributed by atoms with Crippen molar-refractivity contribution in [2.75, 3.05) is 36.8 Å². The van der Waals surface area contributed by atoms with Crippen molar-refractivity contribution in [3.63, 3.8) is 0 Å². The van der Waals surface area contributed by atoms with Gasteiger partial charge in [0, 0.05) is 41.5 Å². The molecule has 22 nitrogen and oxygen atoms in total. The number of alkyl carbamates (subject to hydrolysis) is 1. The first-order valence-corrected chi connectivity index (χ1v) is 27.7. The third-order valence-electron chi connectivity index (χ3n) is 11.3. The quantitative estimate of drug-likeness (QED) is 0.0225. The number of hydrogen-bond donors (Lipinski definition) is 5. The number of nitrogens with two attached hydrogens (primary N) is 1. The highest BCUT2D eigenvalue weighted by Gasteiger charge is 2.54. The van der Waals surface area contributed by atoms with E-state index >= 15 is 8.78 Å². The molecule has 2 atom stereocenters. The molecule has 1 aliphatic rings. The van der Waals surface area contributed by atoms with Crippen LogP contribution < -0.4 is 20.7 Å². The summed E-state index contributed by atoms with van der Waals surface area (Å²) >= 11 is 6.59. The maximum atomic E-state index is 15.4. The molecule has 3 aromatic heterocycles. The summed E-state index contributed by atoms with van der Waals surface area (Å²) < 4.78 is 221. The van der Waals surface area contributed by atoms with Crippen molar-refractivity contribution in [3.8, 4) is 23.0 Å². The monoisotopic (exact) mass is 1210 g/mol. The zero-order valence-electron chi connectivity index (χ0n) is 40.7. The molecule has 6 N–H and O–H groups in total. The Morgan fingerprint density at radius 3 is 2.19 bits per heavy atom. The number of sulfone groups is 1. The highest BCUT2D eigenvalue weighted by Crippen LogP contribution is 2.51. The number of carbonyl (C=O) groups excluding carboxylic acids is 3. The molecule has 0 unspecified atom stereocenters. The van der Waals surface area contributed by atoms with Crippen LogP contribution in [0.15, 0.2) is 42.5 Å². The molecule has 3 heterocycles. The van der Waals surface area contributed by atoms with E-state index in [0.29, 0.717) is 12.3 Å². The number of sulfonamides is 1. The van der Waals surface area contributed by atoms with E-state index in [1.54, 1.807) is 0 Å². The van der Waals surface area contributed by atoms with E-state index in [0.717, 1.165) is 42.7 Å². The Morgan fingerprint density at radius 2 is 1.61 bits per heavy atom. The number of carbonyl (C=O) groups is 3. The molecule has 79 heavy (non-hydrogen) atoms. The van der Waals surface area contributed by atoms with Crippen molar-refractivity contribution in [2.24, 2.45) is 5.73 Å². The van der Waals surface area contributed by atoms with Crippen LogP contribution in [-0.4, -0.2) is 113 Å². The largest absolute Gasteiger partial charge is 0.472 e. The lowest BCUT2D eigenvalue weighted by atomic mass is 9.93. The molecule has 0 saturated heterocycles. The smallest absolute Gasteiger partial charge is 0.447 e. The van der Waals surface area contributed by atoms with E-state index in [1.807, 2.05) is 5.32 Å². The van der Waals surface area contributed by atoms with E-state index in [2.05, 4.69) is 41.6 Å². The lowest BCUT2D eigenvalue weighted by molar-refractivity contribution is -0.143. The molecule has 3 amide bonds. The third kappa shape index (κ3) is 14.8. The first kappa shape index (κ1) is 61.6. The van der Waals surface area contributed by atoms with Gasteiger partial charge in [0.2, 0.25) is 22.7 Å². The second-order valence-electron chi connectivity index (χ2n) is 17.7. The summed E-state index contributed by atoms with van der Waals surface area (Å²) in [5.74, 6) is -4.09. The summed E-state index contributed by atoms with van der Waals surface area (Å²) in [7, 11) is -14.1. The average Bonchev–Trinajstić information content (AvgIpc) is 4.16. The Bertz CT molecular complexity index is 3570. The van der Waals surface area contributed by atoms with Gasteiger partial charge in [0.1, 0.15) is 47.5 Å². The number of pyridine rings is 1. The summed E-state index contributed by atoms with van der Waals surface area (Å²) in [6, 6.07) is 2.23. The van der Waals surface area contributed by atoms with Gasteiger partial charge in [-0.15, -0.1) is 0 Å². The van der Waals surface area contributed by atoms with Crippen LogP contribution >= 0.6 is 19.4 Å². The molecule has 0 fully saturated rings. The number of ether oxygens (including phenoxy) is 2. The molecule has 0 aliphatic heterocycles. The third-order valence-corrected chi connectivity index (χ3v) is 15.0. The van der Waals surface area contributed by atoms with Crippen molar-refractivity contribution in [3.05, 3.63) is 93.0 Å². The molecular formula is C43H41ClF10N9O13PS2. The molecule has 1 aliphatic carbocycles. The van der Waals surface area contributed by atoms with Crippen LogP contribution in [0, 0.1) is 23.5 Å². The number of aromatic nitrogens is 5. The number of benzene rings is 2. The molecule has 36 heteroatoms. The number of rotatable bonds is 17. The number of phosphoric ester groups is 1. The van der Waals surface area contributed by atoms with E-state index in [1.165, 1.54) is 13.8 Å². The Morgan fingerprint density at radius 1 is 0.975 bits per heavy atom. The van der Waals surface area contributed by atoms with Gasteiger partial charge in [0.25, 0.3) is 5.92 Å². The predicted molar refractivity (Wildman–Crippen MR) is 255 cm³/mol. The maximum Gasteiger partial charge on any atom is 0.472 e. The highest BCUT2D eigenvalue weighted by molar-refractivity contribution is 7.93. The number of alkyl halides is 8. The molecule has 0 radical (unpaired) electrons. The lowest BCUT2D eigenvalue weighted by Crippen LogP contribution is -2.39. The van der Waals surface area contributed by atoms with E-state index in [-0.39, 0.29) is 24.9 Å². The molecule has 0 bridgehead atoms. The Balaban J connectivity index is 1.56. The second kappa shape index (κ2) is 22.5. The van der Waals surface area contributed by atoms with Gasteiger partial charge in [-0.1, -0.05) is 23.6 Å². The van der Waals surface area contributed by atoms with Crippen LogP contribution in [-0.2, 0) is 74.8 Å². The molecule has 5 aromatic rings. The number of fused-ring (bicyclic) bond motifs is 2. The normalized spacial score (nSPS) is 15.2. The number of anilines is 1. The zero-order chi connectivity index (χ0) is 59.2. The van der Waals surface area contributed by atoms with Crippen LogP contribution in [0.4, 0.5) is 59.3 Å². The molecule has 0 spiro atoms. The first-order valence-electron chi connectivity index (χ1n) is 22.0. The predicted octanol–water partition coefficient (Wildman–Crippen LogP) is 6.27. The maximum absolute atomic E-state index is 15.4. The Hall–Kier alpha value is -6.60. The summed E-state index contributed by atoms with van der Waals surface area (Å²) in [5.41, 5.74) is -1.58. The summed E-state index contributed by atoms with van der Waals surface area (Å²) in [5, 5.41) is 10.00. The van der Waals surface area contributed by atoms with Crippen LogP contribution in [0.25, 0.3) is 22.0 Å². The topological polar surface area (TPSA) is 307 Å². The number of amides is 3. The van der Waals surface area contributed by atoms with Gasteiger partial charge < -0.3 is 35.6 Å². The van der Waals surface area contributed by atoms with Crippen LogP contribution in [0.5, 0.6) is 0 Å². The van der Waals surface area contributed by atoms with Crippen molar-refractivity contribution in [1.82, 2.24) is 35.2 Å². The van der Waals surface area contributed by atoms with Gasteiger partial charge in [-0.05, 0) is 62.1 Å². The number of phosphoric acid groups is 1. The second-order valence-corrected chi connectivity index (χ2v) is 23.7. The van der Waals surface area contributed by atoms with Gasteiger partial charge in [-0.3, -0.25) is 14.2 Å². The van der Waals surface area contributed by atoms with Crippen molar-refractivity contribution < 1.29 is 103 Å². The van der Waals surface area contributed by atoms with Crippen LogP contribution in [0.3, 0.4) is 0 Å². The standard InChI is InChI=1S/C43H41ClF10N9O13PS2/c1-40(2,78(3,70)71)10-9-24-5-6-25(33(57-24)29(15-21-13-22(45)16-23(46)14-21)58-30(64)18-61-36-32(28(55)17-41(36,47)48)35(59-61)43(52,53)54)26-7-8-27(44)31-34(26)62(19-42(49,50)51)60-37(31)63(79(4,72)73)39(66)74-12-11-56-38(65)75-20-76-77(67,68)69/h5-8,13-14,16,28-29H,11-12,15,17-20,55H2,1-4H3,(H,56,65)(H,58,64)(H2,67,68,69)/t28-,29-/m0/s1. The molecular weight excluding hydrogens is 1170 g/mol. The van der Waals surface area contributed by atoms with Gasteiger partial charge in [0.05, 0.1) is 40.5 Å². The van der Waals surface area contributed by atoms with Crippen molar-refractivity contribution in [2.45, 2.75) is 74.9 Å².